The lowest BCUT2D eigenvalue weighted by molar-refractivity contribution is 0.622. The molecule has 0 unspecified atom stereocenters. The lowest BCUT2D eigenvalue weighted by atomic mass is 10.1. The van der Waals surface area contributed by atoms with Gasteiger partial charge in [0.25, 0.3) is 0 Å². The zero-order valence-corrected chi connectivity index (χ0v) is 9.49. The molecule has 0 aliphatic heterocycles. The summed E-state index contributed by atoms with van der Waals surface area (Å²) >= 11 is 0. The highest BCUT2D eigenvalue weighted by Gasteiger charge is 2.25. The average Bonchev–Trinajstić information content (AvgIpc) is 3.12. The highest BCUT2D eigenvalue weighted by atomic mass is 19.1. The van der Waals surface area contributed by atoms with Gasteiger partial charge in [0, 0.05) is 6.54 Å². The van der Waals surface area contributed by atoms with Crippen molar-refractivity contribution in [3.63, 3.8) is 0 Å². The van der Waals surface area contributed by atoms with E-state index >= 15 is 0 Å². The predicted molar refractivity (Wildman–Crippen MR) is 64.9 cm³/mol. The Bertz CT molecular complexity index is 492. The van der Waals surface area contributed by atoms with E-state index in [4.69, 9.17) is 11.7 Å². The second kappa shape index (κ2) is 4.89. The maximum atomic E-state index is 13.5. The van der Waals surface area contributed by atoms with Crippen LogP contribution in [-0.2, 0) is 0 Å². The van der Waals surface area contributed by atoms with Gasteiger partial charge in [-0.1, -0.05) is 12.0 Å². The summed E-state index contributed by atoms with van der Waals surface area (Å²) in [4.78, 5) is 1.92. The van der Waals surface area contributed by atoms with Gasteiger partial charge in [0.2, 0.25) is 0 Å². The second-order valence-corrected chi connectivity index (χ2v) is 4.27. The molecule has 3 heteroatoms. The van der Waals surface area contributed by atoms with Gasteiger partial charge < -0.3 is 4.90 Å². The molecule has 0 amide bonds. The van der Waals surface area contributed by atoms with Crippen molar-refractivity contribution >= 4 is 5.69 Å². The van der Waals surface area contributed by atoms with Crippen molar-refractivity contribution in [3.8, 4) is 18.4 Å². The van der Waals surface area contributed by atoms with Crippen molar-refractivity contribution in [2.75, 3.05) is 18.0 Å². The molecule has 0 heterocycles. The van der Waals surface area contributed by atoms with Crippen LogP contribution in [0.2, 0.25) is 0 Å². The van der Waals surface area contributed by atoms with Crippen LogP contribution in [0.25, 0.3) is 0 Å². The average molecular weight is 228 g/mol. The molecule has 0 radical (unpaired) electrons. The van der Waals surface area contributed by atoms with Crippen LogP contribution in [0.1, 0.15) is 18.4 Å². The fourth-order valence-corrected chi connectivity index (χ4v) is 1.86. The molecule has 0 bridgehead atoms. The second-order valence-electron chi connectivity index (χ2n) is 4.27. The van der Waals surface area contributed by atoms with Crippen molar-refractivity contribution in [2.45, 2.75) is 12.8 Å². The Hall–Kier alpha value is -2.00. The van der Waals surface area contributed by atoms with Crippen molar-refractivity contribution in [2.24, 2.45) is 5.92 Å². The van der Waals surface area contributed by atoms with Gasteiger partial charge in [-0.3, -0.25) is 0 Å². The third kappa shape index (κ3) is 2.57. The number of nitriles is 1. The van der Waals surface area contributed by atoms with Crippen LogP contribution < -0.4 is 4.90 Å². The minimum Gasteiger partial charge on any atom is -0.359 e. The Morgan fingerprint density at radius 3 is 2.82 bits per heavy atom. The SMILES string of the molecule is C#CCN(CC1CC1)c1cccc(F)c1C#N. The van der Waals surface area contributed by atoms with Crippen LogP contribution in [-0.4, -0.2) is 13.1 Å². The van der Waals surface area contributed by atoms with Crippen molar-refractivity contribution in [1.82, 2.24) is 0 Å². The number of halogens is 1. The van der Waals surface area contributed by atoms with E-state index in [1.807, 2.05) is 11.0 Å². The number of benzene rings is 1. The zero-order chi connectivity index (χ0) is 12.3. The molecular formula is C14H13FN2. The van der Waals surface area contributed by atoms with Crippen LogP contribution >= 0.6 is 0 Å². The fourth-order valence-electron chi connectivity index (χ4n) is 1.86. The Labute approximate surface area is 101 Å². The van der Waals surface area contributed by atoms with Crippen molar-refractivity contribution in [1.29, 1.82) is 5.26 Å². The number of nitrogens with zero attached hydrogens (tertiary/aromatic N) is 2. The van der Waals surface area contributed by atoms with E-state index in [9.17, 15) is 4.39 Å². The number of hydrogen-bond acceptors (Lipinski definition) is 2. The molecule has 2 rings (SSSR count). The van der Waals surface area contributed by atoms with Gasteiger partial charge in [0.05, 0.1) is 12.2 Å². The molecule has 1 fully saturated rings. The first-order chi connectivity index (χ1) is 8.26. The molecule has 1 aliphatic rings. The van der Waals surface area contributed by atoms with Gasteiger partial charge in [-0.2, -0.15) is 5.26 Å². The Kier molecular flexibility index (Phi) is 3.30. The number of hydrogen-bond donors (Lipinski definition) is 0. The van der Waals surface area contributed by atoms with Crippen LogP contribution in [0.15, 0.2) is 18.2 Å². The predicted octanol–water partition coefficient (Wildman–Crippen LogP) is 2.55. The number of terminal acetylenes is 1. The highest BCUT2D eigenvalue weighted by molar-refractivity contribution is 5.60. The van der Waals surface area contributed by atoms with E-state index in [0.717, 1.165) is 6.54 Å². The van der Waals surface area contributed by atoms with Crippen LogP contribution in [0, 0.1) is 35.4 Å². The lowest BCUT2D eigenvalue weighted by Gasteiger charge is -2.23. The molecule has 0 atom stereocenters. The topological polar surface area (TPSA) is 27.0 Å². The molecule has 17 heavy (non-hydrogen) atoms. The third-order valence-electron chi connectivity index (χ3n) is 2.90. The zero-order valence-electron chi connectivity index (χ0n) is 9.49. The molecule has 1 aliphatic carbocycles. The molecular weight excluding hydrogens is 215 g/mol. The number of anilines is 1. The van der Waals surface area contributed by atoms with Crippen molar-refractivity contribution in [3.05, 3.63) is 29.6 Å². The lowest BCUT2D eigenvalue weighted by Crippen LogP contribution is -2.27. The first-order valence-corrected chi connectivity index (χ1v) is 5.63. The third-order valence-corrected chi connectivity index (χ3v) is 2.90. The van der Waals surface area contributed by atoms with Crippen molar-refractivity contribution < 1.29 is 4.39 Å². The first-order valence-electron chi connectivity index (χ1n) is 5.63. The highest BCUT2D eigenvalue weighted by Crippen LogP contribution is 2.32. The Morgan fingerprint density at radius 2 is 2.24 bits per heavy atom. The van der Waals surface area contributed by atoms with E-state index < -0.39 is 5.82 Å². The van der Waals surface area contributed by atoms with E-state index in [0.29, 0.717) is 18.2 Å². The van der Waals surface area contributed by atoms with Gasteiger partial charge in [0.15, 0.2) is 0 Å². The molecule has 1 aromatic carbocycles. The quantitative estimate of drug-likeness (QED) is 0.740. The summed E-state index contributed by atoms with van der Waals surface area (Å²) in [5.74, 6) is 2.72. The first kappa shape index (κ1) is 11.5. The molecule has 0 spiro atoms. The minimum atomic E-state index is -0.484. The van der Waals surface area contributed by atoms with Crippen LogP contribution in [0.3, 0.4) is 0 Å². The molecule has 2 nitrogen and oxygen atoms in total. The summed E-state index contributed by atoms with van der Waals surface area (Å²) in [6.45, 7) is 1.22. The van der Waals surface area contributed by atoms with Gasteiger partial charge in [-0.25, -0.2) is 4.39 Å². The molecule has 1 saturated carbocycles. The summed E-state index contributed by atoms with van der Waals surface area (Å²) in [6.07, 6.45) is 7.71. The maximum Gasteiger partial charge on any atom is 0.143 e. The Balaban J connectivity index is 2.31. The smallest absolute Gasteiger partial charge is 0.143 e. The maximum absolute atomic E-state index is 13.5. The Morgan fingerprint density at radius 1 is 1.47 bits per heavy atom. The largest absolute Gasteiger partial charge is 0.359 e. The molecule has 1 aromatic rings. The fraction of sp³-hybridized carbons (Fsp3) is 0.357. The molecule has 0 aromatic heterocycles. The van der Waals surface area contributed by atoms with E-state index in [-0.39, 0.29) is 5.56 Å². The molecule has 0 saturated heterocycles. The summed E-state index contributed by atoms with van der Waals surface area (Å²) in [7, 11) is 0. The van der Waals surface area contributed by atoms with Crippen LogP contribution in [0.5, 0.6) is 0 Å². The minimum absolute atomic E-state index is 0.0865. The van der Waals surface area contributed by atoms with Gasteiger partial charge in [-0.05, 0) is 30.9 Å². The summed E-state index contributed by atoms with van der Waals surface area (Å²) in [5.41, 5.74) is 0.695. The summed E-state index contributed by atoms with van der Waals surface area (Å²) in [5, 5.41) is 9.00. The van der Waals surface area contributed by atoms with E-state index in [1.54, 1.807) is 12.1 Å². The number of rotatable bonds is 4. The van der Waals surface area contributed by atoms with Crippen LogP contribution in [0.4, 0.5) is 10.1 Å². The summed E-state index contributed by atoms with van der Waals surface area (Å²) < 4.78 is 13.5. The van der Waals surface area contributed by atoms with Gasteiger partial charge in [0.1, 0.15) is 17.4 Å². The standard InChI is InChI=1S/C14H13FN2/c1-2-8-17(10-11-6-7-11)14-5-3-4-13(15)12(14)9-16/h1,3-5,11H,6-8,10H2. The van der Waals surface area contributed by atoms with Gasteiger partial charge in [-0.15, -0.1) is 6.42 Å². The molecule has 0 N–H and O–H groups in total. The van der Waals surface area contributed by atoms with Gasteiger partial charge >= 0.3 is 0 Å². The molecule has 86 valence electrons. The normalized spacial score (nSPS) is 13.8. The monoisotopic (exact) mass is 228 g/mol. The summed E-state index contributed by atoms with van der Waals surface area (Å²) in [6, 6.07) is 6.57. The van der Waals surface area contributed by atoms with E-state index in [2.05, 4.69) is 5.92 Å². The van der Waals surface area contributed by atoms with E-state index in [1.165, 1.54) is 18.9 Å².